The Bertz CT molecular complexity index is 477. The molecule has 0 amide bonds. The summed E-state index contributed by atoms with van der Waals surface area (Å²) >= 11 is 0. The van der Waals surface area contributed by atoms with Gasteiger partial charge in [-0.2, -0.15) is 5.10 Å². The molecule has 3 rings (SSSR count). The average Bonchev–Trinajstić information content (AvgIpc) is 3.21. The first-order valence-corrected chi connectivity index (χ1v) is 8.02. The molecule has 2 atom stereocenters. The van der Waals surface area contributed by atoms with Crippen molar-refractivity contribution in [2.45, 2.75) is 58.2 Å². The van der Waals surface area contributed by atoms with E-state index in [1.807, 2.05) is 0 Å². The molecule has 2 fully saturated rings. The molecule has 2 unspecified atom stereocenters. The Morgan fingerprint density at radius 2 is 2.20 bits per heavy atom. The minimum absolute atomic E-state index is 0.318. The molecule has 0 bridgehead atoms. The van der Waals surface area contributed by atoms with Crippen LogP contribution in [0.3, 0.4) is 0 Å². The highest BCUT2D eigenvalue weighted by Gasteiger charge is 2.45. The van der Waals surface area contributed by atoms with Gasteiger partial charge in [-0.1, -0.05) is 6.92 Å². The van der Waals surface area contributed by atoms with Gasteiger partial charge in [-0.25, -0.2) is 0 Å². The van der Waals surface area contributed by atoms with Gasteiger partial charge in [0.25, 0.3) is 0 Å². The van der Waals surface area contributed by atoms with Crippen molar-refractivity contribution in [2.24, 2.45) is 13.0 Å². The van der Waals surface area contributed by atoms with Gasteiger partial charge in [0.05, 0.1) is 11.4 Å². The fraction of sp³-hybridized carbons (Fsp3) is 0.812. The van der Waals surface area contributed by atoms with Crippen LogP contribution in [-0.2, 0) is 20.0 Å². The zero-order valence-corrected chi connectivity index (χ0v) is 13.3. The highest BCUT2D eigenvalue weighted by Crippen LogP contribution is 2.41. The van der Waals surface area contributed by atoms with Gasteiger partial charge in [-0.15, -0.1) is 0 Å². The molecule has 1 saturated carbocycles. The van der Waals surface area contributed by atoms with E-state index in [1.165, 1.54) is 24.2 Å². The van der Waals surface area contributed by atoms with E-state index in [2.05, 4.69) is 53.9 Å². The standard InChI is InChI=1S/C16H28N4/c1-5-14-8-15(19(4)18-14)10-20-11-16(3,13-6-7-13)17-9-12(20)2/h8,12-13,17H,5-7,9-11H2,1-4H3. The summed E-state index contributed by atoms with van der Waals surface area (Å²) < 4.78 is 2.06. The molecule has 2 aliphatic rings. The number of hydrogen-bond donors (Lipinski definition) is 1. The van der Waals surface area contributed by atoms with Gasteiger partial charge < -0.3 is 5.32 Å². The van der Waals surface area contributed by atoms with E-state index in [4.69, 9.17) is 0 Å². The minimum atomic E-state index is 0.318. The highest BCUT2D eigenvalue weighted by molar-refractivity contribution is 5.12. The first-order valence-electron chi connectivity index (χ1n) is 8.02. The van der Waals surface area contributed by atoms with Gasteiger partial charge in [0.2, 0.25) is 0 Å². The fourth-order valence-corrected chi connectivity index (χ4v) is 3.45. The maximum atomic E-state index is 4.58. The Morgan fingerprint density at radius 1 is 1.45 bits per heavy atom. The molecule has 2 heterocycles. The van der Waals surface area contributed by atoms with E-state index in [0.29, 0.717) is 11.6 Å². The molecule has 1 N–H and O–H groups in total. The van der Waals surface area contributed by atoms with Crippen LogP contribution in [0, 0.1) is 5.92 Å². The fourth-order valence-electron chi connectivity index (χ4n) is 3.45. The van der Waals surface area contributed by atoms with Gasteiger partial charge in [0.15, 0.2) is 0 Å². The Morgan fingerprint density at radius 3 is 2.80 bits per heavy atom. The number of nitrogens with one attached hydrogen (secondary N) is 1. The SMILES string of the molecule is CCc1cc(CN2CC(C)(C3CC3)NCC2C)n(C)n1. The van der Waals surface area contributed by atoms with Crippen molar-refractivity contribution in [3.63, 3.8) is 0 Å². The van der Waals surface area contributed by atoms with Crippen LogP contribution in [0.15, 0.2) is 6.07 Å². The minimum Gasteiger partial charge on any atom is -0.308 e. The maximum absolute atomic E-state index is 4.58. The second-order valence-electron chi connectivity index (χ2n) is 6.93. The summed E-state index contributed by atoms with van der Waals surface area (Å²) in [4.78, 5) is 2.63. The number of rotatable bonds is 4. The van der Waals surface area contributed by atoms with Crippen LogP contribution in [0.25, 0.3) is 0 Å². The summed E-state index contributed by atoms with van der Waals surface area (Å²) in [5.74, 6) is 0.884. The van der Waals surface area contributed by atoms with Gasteiger partial charge in [0, 0.05) is 38.3 Å². The van der Waals surface area contributed by atoms with Crippen molar-refractivity contribution >= 4 is 0 Å². The van der Waals surface area contributed by atoms with Gasteiger partial charge >= 0.3 is 0 Å². The Hall–Kier alpha value is -0.870. The van der Waals surface area contributed by atoms with E-state index in [0.717, 1.165) is 32.0 Å². The lowest BCUT2D eigenvalue weighted by atomic mass is 9.91. The molecule has 1 aliphatic heterocycles. The number of aromatic nitrogens is 2. The quantitative estimate of drug-likeness (QED) is 0.912. The number of nitrogens with zero attached hydrogens (tertiary/aromatic N) is 3. The zero-order chi connectivity index (χ0) is 14.3. The zero-order valence-electron chi connectivity index (χ0n) is 13.3. The van der Waals surface area contributed by atoms with Gasteiger partial charge in [-0.05, 0) is 45.1 Å². The van der Waals surface area contributed by atoms with Crippen molar-refractivity contribution in [1.29, 1.82) is 0 Å². The van der Waals surface area contributed by atoms with E-state index in [9.17, 15) is 0 Å². The summed E-state index contributed by atoms with van der Waals surface area (Å²) in [5, 5.41) is 8.37. The molecule has 0 spiro atoms. The van der Waals surface area contributed by atoms with E-state index in [-0.39, 0.29) is 0 Å². The van der Waals surface area contributed by atoms with Crippen LogP contribution in [0.2, 0.25) is 0 Å². The van der Waals surface area contributed by atoms with Gasteiger partial charge in [0.1, 0.15) is 0 Å². The van der Waals surface area contributed by atoms with Crippen LogP contribution in [0.5, 0.6) is 0 Å². The lowest BCUT2D eigenvalue weighted by Crippen LogP contribution is -2.62. The Balaban J connectivity index is 1.72. The number of aryl methyl sites for hydroxylation is 2. The summed E-state index contributed by atoms with van der Waals surface area (Å²) in [6.45, 7) is 10.2. The van der Waals surface area contributed by atoms with Crippen molar-refractivity contribution in [1.82, 2.24) is 20.0 Å². The summed E-state index contributed by atoms with van der Waals surface area (Å²) in [5.41, 5.74) is 2.86. The summed E-state index contributed by atoms with van der Waals surface area (Å²) in [6.07, 6.45) is 3.82. The molecule has 1 aromatic rings. The molecular formula is C16H28N4. The maximum Gasteiger partial charge on any atom is 0.0625 e. The predicted molar refractivity (Wildman–Crippen MR) is 81.6 cm³/mol. The monoisotopic (exact) mass is 276 g/mol. The van der Waals surface area contributed by atoms with Crippen LogP contribution in [-0.4, -0.2) is 39.4 Å². The molecule has 0 radical (unpaired) electrons. The smallest absolute Gasteiger partial charge is 0.0625 e. The number of piperazine rings is 1. The second kappa shape index (κ2) is 5.15. The lowest BCUT2D eigenvalue weighted by Gasteiger charge is -2.45. The third-order valence-corrected chi connectivity index (χ3v) is 5.19. The van der Waals surface area contributed by atoms with Gasteiger partial charge in [-0.3, -0.25) is 9.58 Å². The second-order valence-corrected chi connectivity index (χ2v) is 6.93. The first kappa shape index (κ1) is 14.1. The molecule has 112 valence electrons. The molecule has 0 aromatic carbocycles. The summed E-state index contributed by atoms with van der Waals surface area (Å²) in [7, 11) is 2.07. The largest absolute Gasteiger partial charge is 0.308 e. The van der Waals surface area contributed by atoms with E-state index in [1.54, 1.807) is 0 Å². The van der Waals surface area contributed by atoms with Crippen molar-refractivity contribution in [3.05, 3.63) is 17.5 Å². The van der Waals surface area contributed by atoms with Crippen LogP contribution >= 0.6 is 0 Å². The molecule has 1 aliphatic carbocycles. The number of hydrogen-bond acceptors (Lipinski definition) is 3. The molecule has 4 heteroatoms. The molecule has 20 heavy (non-hydrogen) atoms. The van der Waals surface area contributed by atoms with Crippen LogP contribution in [0.1, 0.15) is 45.0 Å². The molecule has 4 nitrogen and oxygen atoms in total. The average molecular weight is 276 g/mol. The third-order valence-electron chi connectivity index (χ3n) is 5.19. The predicted octanol–water partition coefficient (Wildman–Crippen LogP) is 1.94. The van der Waals surface area contributed by atoms with Crippen LogP contribution in [0.4, 0.5) is 0 Å². The van der Waals surface area contributed by atoms with Crippen molar-refractivity contribution < 1.29 is 0 Å². The molecule has 1 aromatic heterocycles. The Kier molecular flexibility index (Phi) is 3.63. The van der Waals surface area contributed by atoms with E-state index >= 15 is 0 Å². The van der Waals surface area contributed by atoms with Crippen molar-refractivity contribution in [2.75, 3.05) is 13.1 Å². The Labute approximate surface area is 122 Å². The lowest BCUT2D eigenvalue weighted by molar-refractivity contribution is 0.0750. The normalized spacial score (nSPS) is 31.7. The van der Waals surface area contributed by atoms with E-state index < -0.39 is 0 Å². The summed E-state index contributed by atoms with van der Waals surface area (Å²) in [6, 6.07) is 2.87. The molecule has 1 saturated heterocycles. The first-order chi connectivity index (χ1) is 9.51. The topological polar surface area (TPSA) is 33.1 Å². The van der Waals surface area contributed by atoms with Crippen molar-refractivity contribution in [3.8, 4) is 0 Å². The third kappa shape index (κ3) is 2.63. The molecular weight excluding hydrogens is 248 g/mol. The highest BCUT2D eigenvalue weighted by atomic mass is 15.3. The van der Waals surface area contributed by atoms with Crippen LogP contribution < -0.4 is 5.32 Å².